The molecule has 1 aromatic carbocycles. The van der Waals surface area contributed by atoms with Gasteiger partial charge >= 0.3 is 0 Å². The standard InChI is InChI=1S/C19H21N3O3/c1-12-8-10-15(11-9-12)20-19(25)18(14(3)24)22-21-17-7-5-4-6-16(17)13(2)23/h4-10,15,21H,11H2,1-3H3,(H,20,25)/b22-18-. The van der Waals surface area contributed by atoms with Gasteiger partial charge in [-0.3, -0.25) is 19.8 Å². The average Bonchev–Trinajstić information content (AvgIpc) is 2.57. The molecule has 2 rings (SSSR count). The van der Waals surface area contributed by atoms with E-state index in [0.717, 1.165) is 5.57 Å². The minimum Gasteiger partial charge on any atom is -0.344 e. The van der Waals surface area contributed by atoms with Crippen LogP contribution in [0.25, 0.3) is 0 Å². The van der Waals surface area contributed by atoms with Crippen molar-refractivity contribution in [1.29, 1.82) is 0 Å². The first kappa shape index (κ1) is 18.3. The van der Waals surface area contributed by atoms with E-state index < -0.39 is 11.7 Å². The molecule has 1 unspecified atom stereocenters. The fourth-order valence-electron chi connectivity index (χ4n) is 2.36. The molecule has 1 aliphatic rings. The largest absolute Gasteiger partial charge is 0.344 e. The summed E-state index contributed by atoms with van der Waals surface area (Å²) in [6, 6.07) is 6.60. The summed E-state index contributed by atoms with van der Waals surface area (Å²) in [6.07, 6.45) is 6.47. The molecule has 0 saturated heterocycles. The summed E-state index contributed by atoms with van der Waals surface area (Å²) in [5.74, 6) is -1.15. The smallest absolute Gasteiger partial charge is 0.275 e. The Hall–Kier alpha value is -3.02. The van der Waals surface area contributed by atoms with Crippen LogP contribution in [0.4, 0.5) is 5.69 Å². The highest BCUT2D eigenvalue weighted by Crippen LogP contribution is 2.15. The first-order valence-electron chi connectivity index (χ1n) is 7.99. The van der Waals surface area contributed by atoms with Gasteiger partial charge in [0.2, 0.25) is 0 Å². The Morgan fingerprint density at radius 2 is 1.88 bits per heavy atom. The predicted octanol–water partition coefficient (Wildman–Crippen LogP) is 2.64. The first-order chi connectivity index (χ1) is 11.9. The van der Waals surface area contributed by atoms with Crippen LogP contribution in [0, 0.1) is 0 Å². The Morgan fingerprint density at radius 1 is 1.16 bits per heavy atom. The van der Waals surface area contributed by atoms with Gasteiger partial charge in [-0.15, -0.1) is 0 Å². The molecular formula is C19H21N3O3. The second kappa shape index (κ2) is 8.19. The molecule has 0 fully saturated rings. The number of hydrazone groups is 1. The molecular weight excluding hydrogens is 318 g/mol. The zero-order chi connectivity index (χ0) is 18.4. The molecule has 6 nitrogen and oxygen atoms in total. The molecule has 1 atom stereocenters. The summed E-state index contributed by atoms with van der Waals surface area (Å²) in [7, 11) is 0. The number of hydrogen-bond donors (Lipinski definition) is 2. The van der Waals surface area contributed by atoms with Crippen LogP contribution in [0.5, 0.6) is 0 Å². The lowest BCUT2D eigenvalue weighted by Gasteiger charge is -2.17. The second-order valence-electron chi connectivity index (χ2n) is 5.85. The third-order valence-electron chi connectivity index (χ3n) is 3.74. The van der Waals surface area contributed by atoms with E-state index in [1.807, 2.05) is 25.2 Å². The van der Waals surface area contributed by atoms with Crippen molar-refractivity contribution in [2.75, 3.05) is 5.43 Å². The van der Waals surface area contributed by atoms with Gasteiger partial charge in [-0.1, -0.05) is 35.9 Å². The second-order valence-corrected chi connectivity index (χ2v) is 5.85. The van der Waals surface area contributed by atoms with E-state index in [1.165, 1.54) is 13.8 Å². The Bertz CT molecular complexity index is 791. The van der Waals surface area contributed by atoms with E-state index in [2.05, 4.69) is 15.8 Å². The maximum absolute atomic E-state index is 12.4. The minimum absolute atomic E-state index is 0.137. The number of hydrogen-bond acceptors (Lipinski definition) is 5. The number of ketones is 2. The van der Waals surface area contributed by atoms with E-state index >= 15 is 0 Å². The molecule has 25 heavy (non-hydrogen) atoms. The van der Waals surface area contributed by atoms with Crippen molar-refractivity contribution >= 4 is 28.9 Å². The fraction of sp³-hybridized carbons (Fsp3) is 0.263. The number of anilines is 1. The van der Waals surface area contributed by atoms with E-state index in [0.29, 0.717) is 17.7 Å². The lowest BCUT2D eigenvalue weighted by Crippen LogP contribution is -2.41. The first-order valence-corrected chi connectivity index (χ1v) is 7.99. The summed E-state index contributed by atoms with van der Waals surface area (Å²) in [5, 5.41) is 6.70. The van der Waals surface area contributed by atoms with Crippen LogP contribution < -0.4 is 10.7 Å². The van der Waals surface area contributed by atoms with Gasteiger partial charge in [0.15, 0.2) is 17.3 Å². The van der Waals surface area contributed by atoms with Crippen molar-refractivity contribution < 1.29 is 14.4 Å². The zero-order valence-electron chi connectivity index (χ0n) is 14.5. The van der Waals surface area contributed by atoms with Crippen LogP contribution >= 0.6 is 0 Å². The van der Waals surface area contributed by atoms with Gasteiger partial charge in [-0.05, 0) is 32.4 Å². The summed E-state index contributed by atoms with van der Waals surface area (Å²) >= 11 is 0. The average molecular weight is 339 g/mol. The van der Waals surface area contributed by atoms with Gasteiger partial charge in [0.1, 0.15) is 0 Å². The highest BCUT2D eigenvalue weighted by Gasteiger charge is 2.20. The number of carbonyl (C=O) groups is 3. The number of carbonyl (C=O) groups excluding carboxylic acids is 3. The number of Topliss-reactive ketones (excluding diaryl/α,β-unsaturated/α-hetero) is 2. The third kappa shape index (κ3) is 4.97. The predicted molar refractivity (Wildman–Crippen MR) is 97.6 cm³/mol. The summed E-state index contributed by atoms with van der Waals surface area (Å²) < 4.78 is 0. The van der Waals surface area contributed by atoms with E-state index in [9.17, 15) is 14.4 Å². The maximum Gasteiger partial charge on any atom is 0.275 e. The van der Waals surface area contributed by atoms with Crippen molar-refractivity contribution in [2.24, 2.45) is 5.10 Å². The van der Waals surface area contributed by atoms with Gasteiger partial charge in [0.25, 0.3) is 5.91 Å². The van der Waals surface area contributed by atoms with Gasteiger partial charge in [-0.25, -0.2) is 0 Å². The molecule has 130 valence electrons. The van der Waals surface area contributed by atoms with Gasteiger partial charge in [-0.2, -0.15) is 5.10 Å². The Labute approximate surface area is 146 Å². The highest BCUT2D eigenvalue weighted by molar-refractivity contribution is 6.65. The molecule has 0 spiro atoms. The molecule has 1 aromatic rings. The Balaban J connectivity index is 2.14. The lowest BCUT2D eigenvalue weighted by atomic mass is 10.0. The molecule has 0 saturated carbocycles. The minimum atomic E-state index is -0.553. The van der Waals surface area contributed by atoms with Crippen LogP contribution in [0.3, 0.4) is 0 Å². The monoisotopic (exact) mass is 339 g/mol. The fourth-order valence-corrected chi connectivity index (χ4v) is 2.36. The Morgan fingerprint density at radius 3 is 2.48 bits per heavy atom. The molecule has 0 aromatic heterocycles. The zero-order valence-corrected chi connectivity index (χ0v) is 14.5. The van der Waals surface area contributed by atoms with Crippen molar-refractivity contribution in [3.63, 3.8) is 0 Å². The number of para-hydroxylation sites is 1. The van der Waals surface area contributed by atoms with Gasteiger partial charge in [0, 0.05) is 12.5 Å². The van der Waals surface area contributed by atoms with Crippen molar-refractivity contribution in [3.05, 3.63) is 53.6 Å². The van der Waals surface area contributed by atoms with Crippen LogP contribution in [-0.4, -0.2) is 29.2 Å². The molecule has 0 aliphatic heterocycles. The summed E-state index contributed by atoms with van der Waals surface area (Å²) in [5.41, 5.74) is 4.43. The molecule has 0 heterocycles. The SMILES string of the molecule is CC(=O)/C(=N/Nc1ccccc1C(C)=O)C(=O)NC1C=CC(C)=CC1. The number of nitrogens with one attached hydrogen (secondary N) is 2. The maximum atomic E-state index is 12.4. The number of amides is 1. The van der Waals surface area contributed by atoms with Crippen LogP contribution in [-0.2, 0) is 9.59 Å². The highest BCUT2D eigenvalue weighted by atomic mass is 16.2. The van der Waals surface area contributed by atoms with Crippen LogP contribution in [0.2, 0.25) is 0 Å². The summed E-state index contributed by atoms with van der Waals surface area (Å²) in [4.78, 5) is 35.8. The van der Waals surface area contributed by atoms with Crippen LogP contribution in [0.15, 0.2) is 53.2 Å². The van der Waals surface area contributed by atoms with E-state index in [1.54, 1.807) is 24.3 Å². The van der Waals surface area contributed by atoms with E-state index in [-0.39, 0.29) is 17.5 Å². The molecule has 0 radical (unpaired) electrons. The molecule has 6 heteroatoms. The number of allylic oxidation sites excluding steroid dienone is 2. The van der Waals surface area contributed by atoms with Gasteiger partial charge in [0.05, 0.1) is 11.7 Å². The number of nitrogens with zero attached hydrogens (tertiary/aromatic N) is 1. The normalized spacial score (nSPS) is 16.8. The van der Waals surface area contributed by atoms with Crippen molar-refractivity contribution in [3.8, 4) is 0 Å². The van der Waals surface area contributed by atoms with E-state index in [4.69, 9.17) is 0 Å². The molecule has 2 N–H and O–H groups in total. The molecule has 1 aliphatic carbocycles. The molecule has 1 amide bonds. The number of benzene rings is 1. The van der Waals surface area contributed by atoms with Crippen molar-refractivity contribution in [2.45, 2.75) is 33.2 Å². The third-order valence-corrected chi connectivity index (χ3v) is 3.74. The lowest BCUT2D eigenvalue weighted by molar-refractivity contribution is -0.117. The van der Waals surface area contributed by atoms with Gasteiger partial charge < -0.3 is 5.32 Å². The quantitative estimate of drug-likeness (QED) is 0.361. The Kier molecular flexibility index (Phi) is 6.00. The topological polar surface area (TPSA) is 87.6 Å². The van der Waals surface area contributed by atoms with Crippen LogP contribution in [0.1, 0.15) is 37.6 Å². The molecule has 0 bridgehead atoms. The van der Waals surface area contributed by atoms with Crippen molar-refractivity contribution in [1.82, 2.24) is 5.32 Å². The number of rotatable bonds is 6. The summed E-state index contributed by atoms with van der Waals surface area (Å²) in [6.45, 7) is 4.69.